The van der Waals surface area contributed by atoms with Crippen LogP contribution in [0.5, 0.6) is 0 Å². The largest absolute Gasteiger partial charge is 0.355 e. The summed E-state index contributed by atoms with van der Waals surface area (Å²) in [5, 5.41) is 2.53. The van der Waals surface area contributed by atoms with Crippen LogP contribution in [0.15, 0.2) is 152 Å². The maximum Gasteiger partial charge on any atom is 0.0465 e. The summed E-state index contributed by atoms with van der Waals surface area (Å²) >= 11 is 0. The third-order valence-electron chi connectivity index (χ3n) is 7.21. The van der Waals surface area contributed by atoms with Crippen molar-refractivity contribution in [2.24, 2.45) is 0 Å². The van der Waals surface area contributed by atoms with Gasteiger partial charge >= 0.3 is 0 Å². The molecule has 0 fully saturated rings. The number of benzene rings is 6. The highest BCUT2D eigenvalue weighted by Gasteiger charge is 2.12. The zero-order chi connectivity index (χ0) is 25.3. The summed E-state index contributed by atoms with van der Waals surface area (Å²) < 4.78 is 0. The van der Waals surface area contributed by atoms with E-state index >= 15 is 0 Å². The number of anilines is 3. The molecule has 2 heteroatoms. The number of hydrogen-bond donors (Lipinski definition) is 1. The quantitative estimate of drug-likeness (QED) is 0.256. The minimum Gasteiger partial charge on any atom is -0.355 e. The number of hydrogen-bond acceptors (Lipinski definition) is 1. The number of fused-ring (bicyclic) bond motifs is 3. The molecule has 7 rings (SSSR count). The topological polar surface area (TPSA) is 19.0 Å². The van der Waals surface area contributed by atoms with Crippen molar-refractivity contribution in [3.05, 3.63) is 152 Å². The Kier molecular flexibility index (Phi) is 5.49. The number of rotatable bonds is 5. The monoisotopic (exact) mass is 486 g/mol. The van der Waals surface area contributed by atoms with E-state index < -0.39 is 0 Å². The van der Waals surface area contributed by atoms with Crippen LogP contribution in [0.3, 0.4) is 0 Å². The maximum absolute atomic E-state index is 3.52. The highest BCUT2D eigenvalue weighted by molar-refractivity contribution is 6.08. The van der Waals surface area contributed by atoms with Gasteiger partial charge in [-0.15, -0.1) is 0 Å². The Morgan fingerprint density at radius 2 is 0.789 bits per heavy atom. The predicted molar refractivity (Wildman–Crippen MR) is 161 cm³/mol. The van der Waals surface area contributed by atoms with Crippen molar-refractivity contribution in [3.63, 3.8) is 0 Å². The van der Waals surface area contributed by atoms with Crippen molar-refractivity contribution >= 4 is 38.9 Å². The first kappa shape index (κ1) is 22.1. The van der Waals surface area contributed by atoms with Crippen LogP contribution in [0.4, 0.5) is 17.1 Å². The average Bonchev–Trinajstić information content (AvgIpc) is 3.37. The van der Waals surface area contributed by atoms with Crippen LogP contribution in [0.25, 0.3) is 44.1 Å². The van der Waals surface area contributed by atoms with E-state index in [2.05, 4.69) is 162 Å². The lowest BCUT2D eigenvalue weighted by Gasteiger charge is -2.25. The predicted octanol–water partition coefficient (Wildman–Crippen LogP) is 10.1. The highest BCUT2D eigenvalue weighted by atomic mass is 15.1. The maximum atomic E-state index is 3.52. The molecule has 0 spiro atoms. The lowest BCUT2D eigenvalue weighted by molar-refractivity contribution is 1.28. The number of H-pyrrole nitrogens is 1. The number of nitrogens with one attached hydrogen (secondary N) is 1. The molecule has 6 aromatic carbocycles. The van der Waals surface area contributed by atoms with Gasteiger partial charge in [-0.25, -0.2) is 0 Å². The molecular weight excluding hydrogens is 460 g/mol. The van der Waals surface area contributed by atoms with E-state index in [1.807, 2.05) is 0 Å². The van der Waals surface area contributed by atoms with Crippen molar-refractivity contribution in [1.82, 2.24) is 4.98 Å². The Hall–Kier alpha value is -5.08. The van der Waals surface area contributed by atoms with Crippen LogP contribution in [0, 0.1) is 0 Å². The summed E-state index contributed by atoms with van der Waals surface area (Å²) in [6.45, 7) is 0. The number of aromatic nitrogens is 1. The lowest BCUT2D eigenvalue weighted by Crippen LogP contribution is -2.09. The van der Waals surface area contributed by atoms with Gasteiger partial charge in [0.05, 0.1) is 0 Å². The number of nitrogens with zero attached hydrogens (tertiary/aromatic N) is 1. The van der Waals surface area contributed by atoms with Crippen LogP contribution >= 0.6 is 0 Å². The molecule has 0 aliphatic heterocycles. The van der Waals surface area contributed by atoms with Gasteiger partial charge in [-0.1, -0.05) is 97.1 Å². The van der Waals surface area contributed by atoms with Gasteiger partial charge in [-0.2, -0.15) is 0 Å². The molecule has 1 N–H and O–H groups in total. The Morgan fingerprint density at radius 1 is 0.342 bits per heavy atom. The van der Waals surface area contributed by atoms with Gasteiger partial charge in [0, 0.05) is 38.9 Å². The molecule has 180 valence electrons. The van der Waals surface area contributed by atoms with Gasteiger partial charge in [0.25, 0.3) is 0 Å². The van der Waals surface area contributed by atoms with Crippen molar-refractivity contribution in [2.75, 3.05) is 4.90 Å². The fraction of sp³-hybridized carbons (Fsp3) is 0. The standard InChI is InChI=1S/C36H26N2/c1-3-9-30(10-4-1)38(31-11-5-2-6-12-31)32-22-19-27(20-23-32)26-15-17-28(18-16-26)29-21-24-36-34(25-29)33-13-7-8-14-35(33)37-36/h1-25,37H. The Labute approximate surface area is 222 Å². The summed E-state index contributed by atoms with van der Waals surface area (Å²) in [7, 11) is 0. The molecule has 38 heavy (non-hydrogen) atoms. The molecule has 0 aliphatic carbocycles. The SMILES string of the molecule is c1ccc(N(c2ccccc2)c2ccc(-c3ccc(-c4ccc5[nH]c6ccccc6c5c4)cc3)cc2)cc1. The van der Waals surface area contributed by atoms with E-state index in [1.54, 1.807) is 0 Å². The second kappa shape index (κ2) is 9.42. The van der Waals surface area contributed by atoms with Gasteiger partial charge in [0.1, 0.15) is 0 Å². The minimum atomic E-state index is 1.13. The van der Waals surface area contributed by atoms with E-state index in [-0.39, 0.29) is 0 Å². The van der Waals surface area contributed by atoms with Crippen LogP contribution in [0.2, 0.25) is 0 Å². The average molecular weight is 487 g/mol. The molecule has 2 nitrogen and oxygen atoms in total. The first-order valence-corrected chi connectivity index (χ1v) is 13.0. The lowest BCUT2D eigenvalue weighted by atomic mass is 9.99. The Balaban J connectivity index is 1.19. The summed E-state index contributed by atoms with van der Waals surface area (Å²) in [6.07, 6.45) is 0. The molecule has 1 heterocycles. The smallest absolute Gasteiger partial charge is 0.0465 e. The first-order valence-electron chi connectivity index (χ1n) is 13.0. The van der Waals surface area contributed by atoms with Crippen molar-refractivity contribution in [1.29, 1.82) is 0 Å². The third-order valence-corrected chi connectivity index (χ3v) is 7.21. The van der Waals surface area contributed by atoms with Gasteiger partial charge in [-0.3, -0.25) is 0 Å². The molecule has 1 aromatic heterocycles. The molecule has 0 saturated heterocycles. The molecular formula is C36H26N2. The fourth-order valence-electron chi connectivity index (χ4n) is 5.29. The second-order valence-electron chi connectivity index (χ2n) is 9.56. The zero-order valence-corrected chi connectivity index (χ0v) is 20.9. The number of aromatic amines is 1. The Bertz CT molecular complexity index is 1790. The molecule has 0 amide bonds. The summed E-state index contributed by atoms with van der Waals surface area (Å²) in [6, 6.07) is 53.9. The van der Waals surface area contributed by atoms with Crippen molar-refractivity contribution in [3.8, 4) is 22.3 Å². The minimum absolute atomic E-state index is 1.13. The van der Waals surface area contributed by atoms with Crippen molar-refractivity contribution in [2.45, 2.75) is 0 Å². The molecule has 0 unspecified atom stereocenters. The number of para-hydroxylation sites is 3. The van der Waals surface area contributed by atoms with E-state index in [0.717, 1.165) is 17.1 Å². The van der Waals surface area contributed by atoms with Crippen LogP contribution in [0.1, 0.15) is 0 Å². The van der Waals surface area contributed by atoms with E-state index in [4.69, 9.17) is 0 Å². The second-order valence-corrected chi connectivity index (χ2v) is 9.56. The van der Waals surface area contributed by atoms with Gasteiger partial charge in [0.2, 0.25) is 0 Å². The van der Waals surface area contributed by atoms with Crippen LogP contribution in [-0.2, 0) is 0 Å². The van der Waals surface area contributed by atoms with E-state index in [0.29, 0.717) is 0 Å². The molecule has 0 aliphatic rings. The van der Waals surface area contributed by atoms with Crippen LogP contribution in [-0.4, -0.2) is 4.98 Å². The fourth-order valence-corrected chi connectivity index (χ4v) is 5.29. The van der Waals surface area contributed by atoms with E-state index in [9.17, 15) is 0 Å². The van der Waals surface area contributed by atoms with Crippen molar-refractivity contribution < 1.29 is 0 Å². The molecule has 0 saturated carbocycles. The zero-order valence-electron chi connectivity index (χ0n) is 20.9. The Morgan fingerprint density at radius 3 is 1.42 bits per heavy atom. The third kappa shape index (κ3) is 4.03. The normalized spacial score (nSPS) is 11.2. The summed E-state index contributed by atoms with van der Waals surface area (Å²) in [4.78, 5) is 5.80. The van der Waals surface area contributed by atoms with Crippen LogP contribution < -0.4 is 4.90 Å². The molecule has 7 aromatic rings. The molecule has 0 bridgehead atoms. The summed E-state index contributed by atoms with van der Waals surface area (Å²) in [5.74, 6) is 0. The van der Waals surface area contributed by atoms with Gasteiger partial charge in [-0.05, 0) is 76.9 Å². The van der Waals surface area contributed by atoms with E-state index in [1.165, 1.54) is 44.1 Å². The molecule has 0 radical (unpaired) electrons. The summed E-state index contributed by atoms with van der Waals surface area (Å²) in [5.41, 5.74) is 10.6. The first-order chi connectivity index (χ1) is 18.8. The molecule has 0 atom stereocenters. The van der Waals surface area contributed by atoms with Gasteiger partial charge in [0.15, 0.2) is 0 Å². The van der Waals surface area contributed by atoms with Gasteiger partial charge < -0.3 is 9.88 Å². The highest BCUT2D eigenvalue weighted by Crippen LogP contribution is 2.36.